The number of hydrogen-bond acceptors (Lipinski definition) is 2. The molecule has 4 rings (SSSR count). The Morgan fingerprint density at radius 1 is 0.774 bits per heavy atom. The van der Waals surface area contributed by atoms with E-state index in [1.807, 2.05) is 72.8 Å². The zero-order valence-corrected chi connectivity index (χ0v) is 17.5. The van der Waals surface area contributed by atoms with Gasteiger partial charge < -0.3 is 5.11 Å². The zero-order chi connectivity index (χ0) is 21.8. The van der Waals surface area contributed by atoms with E-state index in [1.165, 1.54) is 4.31 Å². The van der Waals surface area contributed by atoms with Gasteiger partial charge in [0.25, 0.3) is 11.3 Å². The molecule has 0 saturated heterocycles. The van der Waals surface area contributed by atoms with Crippen molar-refractivity contribution in [3.8, 4) is 0 Å². The van der Waals surface area contributed by atoms with Crippen molar-refractivity contribution in [2.45, 2.75) is 12.8 Å². The Labute approximate surface area is 183 Å². The maximum absolute atomic E-state index is 12.2. The molecule has 0 radical (unpaired) electrons. The van der Waals surface area contributed by atoms with E-state index in [-0.39, 0.29) is 0 Å². The normalized spacial score (nSPS) is 11.9. The minimum absolute atomic E-state index is 0.299. The van der Waals surface area contributed by atoms with E-state index in [9.17, 15) is 18.7 Å². The monoisotopic (exact) mass is 431 g/mol. The summed E-state index contributed by atoms with van der Waals surface area (Å²) in [5, 5.41) is 11.4. The second-order valence-electron chi connectivity index (χ2n) is 7.19. The minimum atomic E-state index is -2.25. The van der Waals surface area contributed by atoms with Gasteiger partial charge in [0.05, 0.1) is 16.9 Å². The fourth-order valence-electron chi connectivity index (χ4n) is 3.70. The van der Waals surface area contributed by atoms with Crippen LogP contribution in [0.4, 0.5) is 11.4 Å². The van der Waals surface area contributed by atoms with Crippen LogP contribution in [0.15, 0.2) is 91.0 Å². The van der Waals surface area contributed by atoms with Crippen LogP contribution < -0.4 is 4.31 Å². The lowest BCUT2D eigenvalue weighted by Crippen LogP contribution is -2.19. The summed E-state index contributed by atoms with van der Waals surface area (Å²) >= 11 is -2.25. The number of aromatic carboxylic acids is 1. The highest BCUT2D eigenvalue weighted by molar-refractivity contribution is 7.81. The molecule has 31 heavy (non-hydrogen) atoms. The molecule has 0 amide bonds. The molecule has 0 fully saturated rings. The van der Waals surface area contributed by atoms with Gasteiger partial charge >= 0.3 is 5.97 Å². The average molecular weight is 432 g/mol. The molecule has 0 aliphatic carbocycles. The summed E-state index contributed by atoms with van der Waals surface area (Å²) in [6, 6.07) is 27.9. The van der Waals surface area contributed by atoms with Crippen molar-refractivity contribution in [2.75, 3.05) is 4.31 Å². The molecule has 1 atom stereocenters. The summed E-state index contributed by atoms with van der Waals surface area (Å²) < 4.78 is 23.6. The fourth-order valence-corrected chi connectivity index (χ4v) is 4.28. The van der Waals surface area contributed by atoms with Crippen LogP contribution in [0.2, 0.25) is 0 Å². The Bertz CT molecular complexity index is 1270. The van der Waals surface area contributed by atoms with Crippen molar-refractivity contribution < 1.29 is 18.7 Å². The molecule has 4 aromatic carbocycles. The van der Waals surface area contributed by atoms with Gasteiger partial charge in [-0.1, -0.05) is 60.7 Å². The summed E-state index contributed by atoms with van der Waals surface area (Å²) in [5.41, 5.74) is 3.23. The third-order valence-electron chi connectivity index (χ3n) is 5.20. The van der Waals surface area contributed by atoms with Gasteiger partial charge in [-0.3, -0.25) is 4.55 Å². The van der Waals surface area contributed by atoms with Crippen molar-refractivity contribution in [3.63, 3.8) is 0 Å². The van der Waals surface area contributed by atoms with Gasteiger partial charge in [-0.05, 0) is 65.1 Å². The Kier molecular flexibility index (Phi) is 6.11. The molecule has 5 nitrogen and oxygen atoms in total. The highest BCUT2D eigenvalue weighted by Crippen LogP contribution is 2.30. The highest BCUT2D eigenvalue weighted by Gasteiger charge is 2.16. The van der Waals surface area contributed by atoms with Gasteiger partial charge in [-0.25, -0.2) is 13.3 Å². The molecule has 2 N–H and O–H groups in total. The number of carbonyl (C=O) groups is 1. The lowest BCUT2D eigenvalue weighted by molar-refractivity contribution is 0.0695. The standard InChI is InChI=1S/C25H21NO4S/c27-25(28)24-11-4-3-8-20(24)13-12-18-6-5-10-22(16-18)26(31(29)30)23-15-14-19-7-1-2-9-21(19)17-23/h1-11,14-17H,12-13H2,(H,27,28)(H,29,30). The number of fused-ring (bicyclic) bond motifs is 1. The predicted octanol–water partition coefficient (Wildman–Crippen LogP) is 5.60. The van der Waals surface area contributed by atoms with Crippen molar-refractivity contribution in [1.82, 2.24) is 0 Å². The fraction of sp³-hybridized carbons (Fsp3) is 0.0800. The van der Waals surface area contributed by atoms with Gasteiger partial charge in [-0.2, -0.15) is 0 Å². The Morgan fingerprint density at radius 3 is 2.26 bits per heavy atom. The highest BCUT2D eigenvalue weighted by atomic mass is 32.2. The Morgan fingerprint density at radius 2 is 1.48 bits per heavy atom. The third kappa shape index (κ3) is 4.66. The summed E-state index contributed by atoms with van der Waals surface area (Å²) in [7, 11) is 0. The predicted molar refractivity (Wildman–Crippen MR) is 124 cm³/mol. The molecule has 156 valence electrons. The van der Waals surface area contributed by atoms with Crippen LogP contribution in [0.3, 0.4) is 0 Å². The van der Waals surface area contributed by atoms with E-state index < -0.39 is 17.2 Å². The number of carboxylic acids is 1. The number of benzene rings is 4. The average Bonchev–Trinajstić information content (AvgIpc) is 2.78. The van der Waals surface area contributed by atoms with Crippen LogP contribution in [0.25, 0.3) is 10.8 Å². The van der Waals surface area contributed by atoms with Crippen LogP contribution in [0.1, 0.15) is 21.5 Å². The second kappa shape index (κ2) is 9.12. The van der Waals surface area contributed by atoms with E-state index in [0.29, 0.717) is 29.8 Å². The SMILES string of the molecule is O=C(O)c1ccccc1CCc1cccc(N(c2ccc3ccccc3c2)S(=O)O)c1. The first-order valence-electron chi connectivity index (χ1n) is 9.83. The number of hydrogen-bond donors (Lipinski definition) is 2. The van der Waals surface area contributed by atoms with Crippen LogP contribution >= 0.6 is 0 Å². The largest absolute Gasteiger partial charge is 0.478 e. The molecule has 0 heterocycles. The van der Waals surface area contributed by atoms with E-state index in [4.69, 9.17) is 0 Å². The van der Waals surface area contributed by atoms with Crippen LogP contribution in [0.5, 0.6) is 0 Å². The number of rotatable bonds is 7. The molecule has 6 heteroatoms. The number of anilines is 2. The topological polar surface area (TPSA) is 77.8 Å². The van der Waals surface area contributed by atoms with Crippen LogP contribution in [-0.2, 0) is 24.1 Å². The van der Waals surface area contributed by atoms with Gasteiger partial charge in [-0.15, -0.1) is 0 Å². The maximum atomic E-state index is 12.2. The van der Waals surface area contributed by atoms with Crippen LogP contribution in [-0.4, -0.2) is 19.8 Å². The minimum Gasteiger partial charge on any atom is -0.478 e. The van der Waals surface area contributed by atoms with E-state index in [0.717, 1.165) is 21.9 Å². The summed E-state index contributed by atoms with van der Waals surface area (Å²) in [4.78, 5) is 11.4. The molecular formula is C25H21NO4S. The Hall–Kier alpha value is -3.48. The van der Waals surface area contributed by atoms with Crippen molar-refractivity contribution in [3.05, 3.63) is 108 Å². The molecule has 0 spiro atoms. The molecule has 0 aromatic heterocycles. The maximum Gasteiger partial charge on any atom is 0.335 e. The zero-order valence-electron chi connectivity index (χ0n) is 16.6. The first kappa shape index (κ1) is 20.8. The van der Waals surface area contributed by atoms with E-state index in [1.54, 1.807) is 18.2 Å². The molecule has 0 saturated carbocycles. The van der Waals surface area contributed by atoms with Crippen molar-refractivity contribution >= 4 is 39.4 Å². The summed E-state index contributed by atoms with van der Waals surface area (Å²) in [5.74, 6) is -0.942. The van der Waals surface area contributed by atoms with Gasteiger partial charge in [0.1, 0.15) is 0 Å². The summed E-state index contributed by atoms with van der Waals surface area (Å²) in [6.07, 6.45) is 1.17. The van der Waals surface area contributed by atoms with Gasteiger partial charge in [0.15, 0.2) is 0 Å². The first-order valence-corrected chi connectivity index (χ1v) is 10.9. The molecule has 0 aliphatic rings. The van der Waals surface area contributed by atoms with E-state index in [2.05, 4.69) is 0 Å². The molecule has 4 aromatic rings. The quantitative estimate of drug-likeness (QED) is 0.374. The lowest BCUT2D eigenvalue weighted by atomic mass is 9.99. The number of nitrogens with zero attached hydrogens (tertiary/aromatic N) is 1. The summed E-state index contributed by atoms with van der Waals surface area (Å²) in [6.45, 7) is 0. The smallest absolute Gasteiger partial charge is 0.335 e. The Balaban J connectivity index is 1.62. The van der Waals surface area contributed by atoms with Crippen molar-refractivity contribution in [1.29, 1.82) is 0 Å². The lowest BCUT2D eigenvalue weighted by Gasteiger charge is -2.21. The van der Waals surface area contributed by atoms with Gasteiger partial charge in [0.2, 0.25) is 0 Å². The number of aryl methyl sites for hydroxylation is 2. The molecule has 0 bridgehead atoms. The molecular weight excluding hydrogens is 410 g/mol. The molecule has 1 unspecified atom stereocenters. The number of carboxylic acid groups (broad SMARTS) is 1. The van der Waals surface area contributed by atoms with Crippen LogP contribution in [0, 0.1) is 0 Å². The molecule has 0 aliphatic heterocycles. The second-order valence-corrected chi connectivity index (χ2v) is 8.02. The van der Waals surface area contributed by atoms with Gasteiger partial charge in [0, 0.05) is 0 Å². The first-order chi connectivity index (χ1) is 15.0. The third-order valence-corrected chi connectivity index (χ3v) is 5.93. The van der Waals surface area contributed by atoms with Crippen molar-refractivity contribution in [2.24, 2.45) is 0 Å². The van der Waals surface area contributed by atoms with E-state index >= 15 is 0 Å².